The van der Waals surface area contributed by atoms with Crippen LogP contribution in [0.3, 0.4) is 0 Å². The topological polar surface area (TPSA) is 182 Å². The lowest BCUT2D eigenvalue weighted by atomic mass is 10.1. The molecule has 48 heavy (non-hydrogen) atoms. The summed E-state index contributed by atoms with van der Waals surface area (Å²) in [6.45, 7) is 3.99. The SMILES string of the molecule is CCCC/C=C/CCCCCCCC(=O)NC(CCCCN)C(=O)NCCCCCCCCCCCC(=O)NC(CCCCN)C(N)=O. The Morgan fingerprint density at radius 1 is 0.542 bits per heavy atom. The normalized spacial score (nSPS) is 12.6. The van der Waals surface area contributed by atoms with E-state index in [1.807, 2.05) is 0 Å². The van der Waals surface area contributed by atoms with E-state index >= 15 is 0 Å². The van der Waals surface area contributed by atoms with Gasteiger partial charge in [-0.1, -0.05) is 96.1 Å². The quantitative estimate of drug-likeness (QED) is 0.0343. The largest absolute Gasteiger partial charge is 0.368 e. The van der Waals surface area contributed by atoms with Gasteiger partial charge in [0.2, 0.25) is 23.6 Å². The molecule has 0 aromatic carbocycles. The average molecular weight is 679 g/mol. The number of hydrogen-bond acceptors (Lipinski definition) is 6. The van der Waals surface area contributed by atoms with Gasteiger partial charge in [-0.25, -0.2) is 0 Å². The molecule has 0 aromatic heterocycles. The summed E-state index contributed by atoms with van der Waals surface area (Å²) in [4.78, 5) is 49.1. The van der Waals surface area contributed by atoms with Crippen LogP contribution in [0.4, 0.5) is 0 Å². The molecule has 10 nitrogen and oxygen atoms in total. The van der Waals surface area contributed by atoms with Crippen molar-refractivity contribution in [1.82, 2.24) is 16.0 Å². The van der Waals surface area contributed by atoms with E-state index < -0.39 is 18.0 Å². The van der Waals surface area contributed by atoms with Crippen LogP contribution in [0, 0.1) is 0 Å². The van der Waals surface area contributed by atoms with Gasteiger partial charge in [-0.3, -0.25) is 19.2 Å². The molecule has 2 atom stereocenters. The Labute approximate surface area is 293 Å². The van der Waals surface area contributed by atoms with Crippen molar-refractivity contribution in [3.63, 3.8) is 0 Å². The second-order valence-electron chi connectivity index (χ2n) is 13.4. The van der Waals surface area contributed by atoms with E-state index in [1.54, 1.807) is 0 Å². The molecule has 2 unspecified atom stereocenters. The number of primary amides is 1. The fraction of sp³-hybridized carbons (Fsp3) is 0.842. The van der Waals surface area contributed by atoms with Gasteiger partial charge < -0.3 is 33.2 Å². The van der Waals surface area contributed by atoms with Gasteiger partial charge in [0, 0.05) is 19.4 Å². The molecule has 0 aromatic rings. The predicted octanol–water partition coefficient (Wildman–Crippen LogP) is 6.19. The van der Waals surface area contributed by atoms with Crippen LogP contribution >= 0.6 is 0 Å². The van der Waals surface area contributed by atoms with E-state index in [1.165, 1.54) is 32.1 Å². The fourth-order valence-corrected chi connectivity index (χ4v) is 5.69. The van der Waals surface area contributed by atoms with E-state index in [0.29, 0.717) is 45.3 Å². The maximum atomic E-state index is 12.9. The zero-order valence-corrected chi connectivity index (χ0v) is 30.7. The van der Waals surface area contributed by atoms with E-state index in [-0.39, 0.29) is 17.7 Å². The fourth-order valence-electron chi connectivity index (χ4n) is 5.69. The molecule has 0 aliphatic rings. The predicted molar refractivity (Wildman–Crippen MR) is 199 cm³/mol. The molecular formula is C38H74N6O4. The van der Waals surface area contributed by atoms with E-state index in [0.717, 1.165) is 109 Å². The second-order valence-corrected chi connectivity index (χ2v) is 13.4. The summed E-state index contributed by atoms with van der Waals surface area (Å²) in [6, 6.07) is -1.09. The number of nitrogens with one attached hydrogen (secondary N) is 3. The highest BCUT2D eigenvalue weighted by atomic mass is 16.2. The molecule has 4 amide bonds. The minimum absolute atomic E-state index is 0.0317. The molecule has 0 spiro atoms. The summed E-state index contributed by atoms with van der Waals surface area (Å²) < 4.78 is 0. The summed E-state index contributed by atoms with van der Waals surface area (Å²) in [7, 11) is 0. The van der Waals surface area contributed by atoms with Gasteiger partial charge in [-0.05, 0) is 90.1 Å². The lowest BCUT2D eigenvalue weighted by molar-refractivity contribution is -0.129. The van der Waals surface area contributed by atoms with Gasteiger partial charge in [0.05, 0.1) is 0 Å². The number of unbranched alkanes of at least 4 members (excludes halogenated alkanes) is 17. The Morgan fingerprint density at radius 2 is 0.979 bits per heavy atom. The standard InChI is InChI=1S/C38H74N6O4/c1-2-3-4-5-6-7-8-10-13-17-20-29-36(46)44-34(27-22-24-31-40)38(48)42-32-25-18-15-12-9-11-14-16-19-28-35(45)43-33(37(41)47)26-21-23-30-39/h5-6,33-34H,2-4,7-32,39-40H2,1H3,(H2,41,47)(H,42,48)(H,43,45)(H,44,46)/b6-5+. The molecule has 9 N–H and O–H groups in total. The molecule has 0 radical (unpaired) electrons. The number of nitrogens with two attached hydrogens (primary N) is 3. The van der Waals surface area contributed by atoms with E-state index in [2.05, 4.69) is 35.0 Å². The zero-order chi connectivity index (χ0) is 35.5. The maximum absolute atomic E-state index is 12.9. The monoisotopic (exact) mass is 679 g/mol. The first-order valence-corrected chi connectivity index (χ1v) is 19.6. The molecule has 0 saturated heterocycles. The molecule has 280 valence electrons. The second kappa shape index (κ2) is 34.4. The van der Waals surface area contributed by atoms with Gasteiger partial charge in [-0.2, -0.15) is 0 Å². The van der Waals surface area contributed by atoms with Gasteiger partial charge >= 0.3 is 0 Å². The Balaban J connectivity index is 3.97. The minimum Gasteiger partial charge on any atom is -0.368 e. The summed E-state index contributed by atoms with van der Waals surface area (Å²) >= 11 is 0. The van der Waals surface area contributed by atoms with Crippen LogP contribution in [0.15, 0.2) is 12.2 Å². The third-order valence-corrected chi connectivity index (χ3v) is 8.77. The molecule has 0 heterocycles. The number of carbonyl (C=O) groups excluding carboxylic acids is 4. The molecular weight excluding hydrogens is 604 g/mol. The summed E-state index contributed by atoms with van der Waals surface area (Å²) in [6.07, 6.45) is 29.7. The molecule has 0 bridgehead atoms. The summed E-state index contributed by atoms with van der Waals surface area (Å²) in [5.41, 5.74) is 16.5. The highest BCUT2D eigenvalue weighted by Gasteiger charge is 2.20. The number of hydrogen-bond donors (Lipinski definition) is 6. The van der Waals surface area contributed by atoms with Crippen LogP contribution in [0.2, 0.25) is 0 Å². The number of allylic oxidation sites excluding steroid dienone is 2. The van der Waals surface area contributed by atoms with Crippen molar-refractivity contribution in [2.75, 3.05) is 19.6 Å². The molecule has 0 aliphatic carbocycles. The van der Waals surface area contributed by atoms with Gasteiger partial charge in [-0.15, -0.1) is 0 Å². The lowest BCUT2D eigenvalue weighted by Crippen LogP contribution is -2.47. The van der Waals surface area contributed by atoms with Crippen LogP contribution in [0.5, 0.6) is 0 Å². The first-order valence-electron chi connectivity index (χ1n) is 19.6. The smallest absolute Gasteiger partial charge is 0.242 e. The average Bonchev–Trinajstić information content (AvgIpc) is 3.06. The van der Waals surface area contributed by atoms with E-state index in [4.69, 9.17) is 17.2 Å². The highest BCUT2D eigenvalue weighted by Crippen LogP contribution is 2.12. The van der Waals surface area contributed by atoms with Crippen molar-refractivity contribution < 1.29 is 19.2 Å². The number of carbonyl (C=O) groups is 4. The van der Waals surface area contributed by atoms with Crippen LogP contribution < -0.4 is 33.2 Å². The Bertz CT molecular complexity index is 838. The zero-order valence-electron chi connectivity index (χ0n) is 30.7. The van der Waals surface area contributed by atoms with E-state index in [9.17, 15) is 19.2 Å². The highest BCUT2D eigenvalue weighted by molar-refractivity contribution is 5.87. The Morgan fingerprint density at radius 3 is 1.48 bits per heavy atom. The van der Waals surface area contributed by atoms with Crippen LogP contribution in [-0.2, 0) is 19.2 Å². The Kier molecular flexibility index (Phi) is 32.6. The van der Waals surface area contributed by atoms with Gasteiger partial charge in [0.25, 0.3) is 0 Å². The first kappa shape index (κ1) is 45.5. The third-order valence-electron chi connectivity index (χ3n) is 8.77. The van der Waals surface area contributed by atoms with Crippen LogP contribution in [0.25, 0.3) is 0 Å². The molecule has 0 saturated carbocycles. The summed E-state index contributed by atoms with van der Waals surface area (Å²) in [5, 5.41) is 8.78. The van der Waals surface area contributed by atoms with Crippen LogP contribution in [-0.4, -0.2) is 55.3 Å². The maximum Gasteiger partial charge on any atom is 0.242 e. The molecule has 0 fully saturated rings. The number of rotatable bonds is 35. The minimum atomic E-state index is -0.603. The number of amides is 4. The van der Waals surface area contributed by atoms with Crippen molar-refractivity contribution in [2.24, 2.45) is 17.2 Å². The molecule has 0 rings (SSSR count). The first-order chi connectivity index (χ1) is 23.3. The van der Waals surface area contributed by atoms with Crippen molar-refractivity contribution in [3.8, 4) is 0 Å². The van der Waals surface area contributed by atoms with Crippen molar-refractivity contribution in [1.29, 1.82) is 0 Å². The van der Waals surface area contributed by atoms with Gasteiger partial charge in [0.15, 0.2) is 0 Å². The van der Waals surface area contributed by atoms with Crippen molar-refractivity contribution in [2.45, 2.75) is 186 Å². The Hall–Kier alpha value is -2.46. The van der Waals surface area contributed by atoms with Crippen LogP contribution in [0.1, 0.15) is 174 Å². The van der Waals surface area contributed by atoms with Crippen molar-refractivity contribution >= 4 is 23.6 Å². The molecule has 0 aliphatic heterocycles. The molecule has 10 heteroatoms. The van der Waals surface area contributed by atoms with Crippen molar-refractivity contribution in [3.05, 3.63) is 12.2 Å². The third kappa shape index (κ3) is 29.7. The lowest BCUT2D eigenvalue weighted by Gasteiger charge is -2.18. The van der Waals surface area contributed by atoms with Gasteiger partial charge in [0.1, 0.15) is 12.1 Å². The summed E-state index contributed by atoms with van der Waals surface area (Å²) in [5.74, 6) is -0.716.